The first-order valence-electron chi connectivity index (χ1n) is 6.15. The molecule has 2 N–H and O–H groups in total. The minimum absolute atomic E-state index is 0.0826. The molecule has 1 rings (SSSR count). The van der Waals surface area contributed by atoms with Crippen LogP contribution >= 0.6 is 0 Å². The molecule has 4 heteroatoms. The van der Waals surface area contributed by atoms with Crippen LogP contribution in [0.25, 0.3) is 0 Å². The fourth-order valence-electron chi connectivity index (χ4n) is 1.56. The summed E-state index contributed by atoms with van der Waals surface area (Å²) in [6, 6.07) is 0. The summed E-state index contributed by atoms with van der Waals surface area (Å²) in [5, 5.41) is 6.04. The Labute approximate surface area is 98.1 Å². The van der Waals surface area contributed by atoms with E-state index in [9.17, 15) is 4.79 Å². The largest absolute Gasteiger partial charge is 0.375 e. The van der Waals surface area contributed by atoms with E-state index in [0.29, 0.717) is 19.7 Å². The van der Waals surface area contributed by atoms with Gasteiger partial charge in [0.1, 0.15) is 0 Å². The molecule has 4 nitrogen and oxygen atoms in total. The number of hydrogen-bond acceptors (Lipinski definition) is 3. The number of nitrogens with one attached hydrogen (secondary N) is 2. The highest BCUT2D eigenvalue weighted by atomic mass is 16.5. The predicted molar refractivity (Wildman–Crippen MR) is 64.3 cm³/mol. The Morgan fingerprint density at radius 2 is 2.12 bits per heavy atom. The second kappa shape index (κ2) is 6.21. The molecule has 0 bridgehead atoms. The average molecular weight is 228 g/mol. The smallest absolute Gasteiger partial charge is 0.233 e. The molecule has 1 aliphatic carbocycles. The van der Waals surface area contributed by atoms with Gasteiger partial charge < -0.3 is 15.4 Å². The van der Waals surface area contributed by atoms with Crippen molar-refractivity contribution in [3.05, 3.63) is 0 Å². The molecule has 1 aliphatic rings. The molecule has 0 aliphatic heterocycles. The lowest BCUT2D eigenvalue weighted by Gasteiger charge is -2.24. The number of ether oxygens (including phenoxy) is 1. The second-order valence-corrected chi connectivity index (χ2v) is 5.04. The van der Waals surface area contributed by atoms with Gasteiger partial charge in [-0.2, -0.15) is 0 Å². The van der Waals surface area contributed by atoms with Crippen molar-refractivity contribution in [3.63, 3.8) is 0 Å². The van der Waals surface area contributed by atoms with Gasteiger partial charge >= 0.3 is 0 Å². The molecule has 0 atom stereocenters. The quantitative estimate of drug-likeness (QED) is 0.649. The molecule has 0 saturated heterocycles. The maximum Gasteiger partial charge on any atom is 0.233 e. The SMILES string of the molecule is CCOC(C)(C)CNCC(=O)NCC1CC1. The number of rotatable bonds is 8. The van der Waals surface area contributed by atoms with Crippen molar-refractivity contribution in [3.8, 4) is 0 Å². The highest BCUT2D eigenvalue weighted by molar-refractivity contribution is 5.77. The summed E-state index contributed by atoms with van der Waals surface area (Å²) in [5.74, 6) is 0.822. The summed E-state index contributed by atoms with van der Waals surface area (Å²) in [7, 11) is 0. The van der Waals surface area contributed by atoms with Crippen molar-refractivity contribution in [2.75, 3.05) is 26.2 Å². The van der Waals surface area contributed by atoms with E-state index in [4.69, 9.17) is 4.74 Å². The lowest BCUT2D eigenvalue weighted by atomic mass is 10.1. The summed E-state index contributed by atoms with van der Waals surface area (Å²) >= 11 is 0. The molecule has 1 saturated carbocycles. The molecule has 0 aromatic carbocycles. The first-order chi connectivity index (χ1) is 7.53. The van der Waals surface area contributed by atoms with Gasteiger partial charge in [-0.1, -0.05) is 0 Å². The van der Waals surface area contributed by atoms with Crippen LogP contribution in [0, 0.1) is 5.92 Å². The van der Waals surface area contributed by atoms with Crippen LogP contribution in [0.4, 0.5) is 0 Å². The zero-order chi connectivity index (χ0) is 12.0. The molecular formula is C12H24N2O2. The average Bonchev–Trinajstić information content (AvgIpc) is 2.97. The van der Waals surface area contributed by atoms with E-state index in [-0.39, 0.29) is 11.5 Å². The molecule has 0 unspecified atom stereocenters. The van der Waals surface area contributed by atoms with Crippen LogP contribution in [-0.4, -0.2) is 37.7 Å². The van der Waals surface area contributed by atoms with E-state index in [1.807, 2.05) is 20.8 Å². The van der Waals surface area contributed by atoms with E-state index < -0.39 is 0 Å². The van der Waals surface area contributed by atoms with Crippen molar-refractivity contribution in [2.24, 2.45) is 5.92 Å². The molecule has 0 radical (unpaired) electrons. The highest BCUT2D eigenvalue weighted by Gasteiger charge is 2.22. The lowest BCUT2D eigenvalue weighted by Crippen LogP contribution is -2.42. The van der Waals surface area contributed by atoms with E-state index in [2.05, 4.69) is 10.6 Å². The van der Waals surface area contributed by atoms with Gasteiger partial charge in [-0.3, -0.25) is 4.79 Å². The van der Waals surface area contributed by atoms with Gasteiger partial charge in [-0.05, 0) is 39.5 Å². The number of amides is 1. The summed E-state index contributed by atoms with van der Waals surface area (Å²) in [6.07, 6.45) is 2.54. The van der Waals surface area contributed by atoms with Gasteiger partial charge in [0, 0.05) is 19.7 Å². The lowest BCUT2D eigenvalue weighted by molar-refractivity contribution is -0.120. The Morgan fingerprint density at radius 1 is 1.44 bits per heavy atom. The summed E-state index contributed by atoms with van der Waals surface area (Å²) < 4.78 is 5.53. The third kappa shape index (κ3) is 6.08. The number of hydrogen-bond donors (Lipinski definition) is 2. The third-order valence-electron chi connectivity index (χ3n) is 2.66. The molecule has 16 heavy (non-hydrogen) atoms. The van der Waals surface area contributed by atoms with Gasteiger partial charge in [0.05, 0.1) is 12.1 Å². The van der Waals surface area contributed by atoms with Crippen LogP contribution in [-0.2, 0) is 9.53 Å². The minimum atomic E-state index is -0.203. The fourth-order valence-corrected chi connectivity index (χ4v) is 1.56. The van der Waals surface area contributed by atoms with Crippen molar-refractivity contribution in [2.45, 2.75) is 39.2 Å². The molecule has 0 heterocycles. The van der Waals surface area contributed by atoms with Crippen LogP contribution < -0.4 is 10.6 Å². The van der Waals surface area contributed by atoms with Crippen LogP contribution in [0.15, 0.2) is 0 Å². The Hall–Kier alpha value is -0.610. The summed E-state index contributed by atoms with van der Waals surface area (Å²) in [6.45, 7) is 8.63. The van der Waals surface area contributed by atoms with Crippen LogP contribution in [0.5, 0.6) is 0 Å². The topological polar surface area (TPSA) is 50.4 Å². The summed E-state index contributed by atoms with van der Waals surface area (Å²) in [5.41, 5.74) is -0.203. The number of carbonyl (C=O) groups excluding carboxylic acids is 1. The predicted octanol–water partition coefficient (Wildman–Crippen LogP) is 0.917. The second-order valence-electron chi connectivity index (χ2n) is 5.04. The van der Waals surface area contributed by atoms with E-state index in [0.717, 1.165) is 12.5 Å². The Kier molecular flexibility index (Phi) is 5.22. The first kappa shape index (κ1) is 13.5. The molecule has 0 aromatic heterocycles. The van der Waals surface area contributed by atoms with Crippen molar-refractivity contribution in [1.29, 1.82) is 0 Å². The minimum Gasteiger partial charge on any atom is -0.375 e. The van der Waals surface area contributed by atoms with Gasteiger partial charge in [0.15, 0.2) is 0 Å². The first-order valence-corrected chi connectivity index (χ1v) is 6.15. The highest BCUT2D eigenvalue weighted by Crippen LogP contribution is 2.27. The van der Waals surface area contributed by atoms with Crippen LogP contribution in [0.1, 0.15) is 33.6 Å². The fraction of sp³-hybridized carbons (Fsp3) is 0.917. The van der Waals surface area contributed by atoms with Crippen molar-refractivity contribution in [1.82, 2.24) is 10.6 Å². The molecular weight excluding hydrogens is 204 g/mol. The van der Waals surface area contributed by atoms with Gasteiger partial charge in [-0.15, -0.1) is 0 Å². The molecule has 0 aromatic rings. The van der Waals surface area contributed by atoms with Crippen LogP contribution in [0.2, 0.25) is 0 Å². The van der Waals surface area contributed by atoms with Gasteiger partial charge in [-0.25, -0.2) is 0 Å². The van der Waals surface area contributed by atoms with E-state index in [1.165, 1.54) is 12.8 Å². The van der Waals surface area contributed by atoms with Crippen LogP contribution in [0.3, 0.4) is 0 Å². The molecule has 1 amide bonds. The Balaban J connectivity index is 2.02. The Morgan fingerprint density at radius 3 is 2.69 bits per heavy atom. The molecule has 94 valence electrons. The van der Waals surface area contributed by atoms with Crippen molar-refractivity contribution < 1.29 is 9.53 Å². The normalized spacial score (nSPS) is 16.2. The van der Waals surface area contributed by atoms with E-state index >= 15 is 0 Å². The standard InChI is InChI=1S/C12H24N2O2/c1-4-16-12(2,3)9-13-8-11(15)14-7-10-5-6-10/h10,13H,4-9H2,1-3H3,(H,14,15). The third-order valence-corrected chi connectivity index (χ3v) is 2.66. The zero-order valence-electron chi connectivity index (χ0n) is 10.6. The van der Waals surface area contributed by atoms with Gasteiger partial charge in [0.25, 0.3) is 0 Å². The van der Waals surface area contributed by atoms with E-state index in [1.54, 1.807) is 0 Å². The maximum absolute atomic E-state index is 11.4. The number of carbonyl (C=O) groups is 1. The monoisotopic (exact) mass is 228 g/mol. The Bertz CT molecular complexity index is 225. The van der Waals surface area contributed by atoms with Crippen molar-refractivity contribution >= 4 is 5.91 Å². The molecule has 1 fully saturated rings. The molecule has 0 spiro atoms. The van der Waals surface area contributed by atoms with Gasteiger partial charge in [0.2, 0.25) is 5.91 Å². The maximum atomic E-state index is 11.4. The summed E-state index contributed by atoms with van der Waals surface area (Å²) in [4.78, 5) is 11.4. The zero-order valence-corrected chi connectivity index (χ0v) is 10.6.